The lowest BCUT2D eigenvalue weighted by molar-refractivity contribution is -0.925. The van der Waals surface area contributed by atoms with Crippen molar-refractivity contribution in [3.05, 3.63) is 42.0 Å². The number of nitrogens with zero attached hydrogens (tertiary/aromatic N) is 1. The Morgan fingerprint density at radius 2 is 1.26 bits per heavy atom. The number of hydrogen-bond acceptors (Lipinski definition) is 4. The first-order chi connectivity index (χ1) is 16.4. The zero-order chi connectivity index (χ0) is 26.7. The number of carbonyl (C=O) groups is 1. The molecular formula is C28H50N2O4S. The van der Waals surface area contributed by atoms with Gasteiger partial charge in [-0.05, 0) is 38.8 Å². The maximum absolute atomic E-state index is 11.7. The molecule has 0 radical (unpaired) electrons. The highest BCUT2D eigenvalue weighted by atomic mass is 32.2. The Bertz CT molecular complexity index is 818. The van der Waals surface area contributed by atoms with E-state index in [-0.39, 0.29) is 10.8 Å². The molecule has 0 heterocycles. The zero-order valence-electron chi connectivity index (χ0n) is 22.9. The van der Waals surface area contributed by atoms with Gasteiger partial charge in [0, 0.05) is 5.57 Å². The van der Waals surface area contributed by atoms with E-state index in [0.29, 0.717) is 10.2 Å². The van der Waals surface area contributed by atoms with Crippen molar-refractivity contribution in [1.82, 2.24) is 5.43 Å². The molecule has 0 spiro atoms. The molecule has 0 fully saturated rings. The Morgan fingerprint density at radius 3 is 1.63 bits per heavy atom. The molecule has 0 bridgehead atoms. The molecule has 0 unspecified atom stereocenters. The smallest absolute Gasteiger partial charge is 0.290 e. The second-order valence-corrected chi connectivity index (χ2v) is 11.5. The molecule has 1 aromatic rings. The van der Waals surface area contributed by atoms with Gasteiger partial charge in [0.2, 0.25) is 0 Å². The number of quaternary nitrogens is 1. The van der Waals surface area contributed by atoms with Gasteiger partial charge in [0.05, 0.1) is 19.0 Å². The lowest BCUT2D eigenvalue weighted by atomic mass is 10.0. The number of rotatable bonds is 17. The summed E-state index contributed by atoms with van der Waals surface area (Å²) in [5, 5.41) is 0. The molecule has 1 rings (SSSR count). The van der Waals surface area contributed by atoms with Crippen LogP contribution in [0.3, 0.4) is 0 Å². The lowest BCUT2D eigenvalue weighted by Crippen LogP contribution is -2.55. The molecule has 0 aliphatic rings. The minimum atomic E-state index is -4.27. The van der Waals surface area contributed by atoms with Crippen molar-refractivity contribution < 1.29 is 22.4 Å². The number of unbranched alkanes of at least 4 members (excludes halogenated alkanes) is 12. The summed E-state index contributed by atoms with van der Waals surface area (Å²) in [5.41, 5.74) is 4.50. The standard InChI is InChI=1S/C21H42N2O.C7H8O3S/c1-6-7-8-9-10-11-12-13-14-15-16-17-18-19-23(4,5)22-21(24)20(2)3;1-6-2-4-7(5-3-6)11(8,9)10/h2,6-19H2,1,3-5H3;2-5H,1H3,(H,8,9,10). The summed E-state index contributed by atoms with van der Waals surface area (Å²) in [6.07, 6.45) is 17.8. The maximum atomic E-state index is 11.7. The number of benzene rings is 1. The Hall–Kier alpha value is -1.70. The SMILES string of the molecule is C=C(C)C(=O)N[N+](C)(C)CCCCCCCCCCCCCCC.Cc1ccc(S(=O)(=O)[O-])cc1. The van der Waals surface area contributed by atoms with Gasteiger partial charge in [0.15, 0.2) is 0 Å². The van der Waals surface area contributed by atoms with E-state index in [1.807, 2.05) is 21.0 Å². The Labute approximate surface area is 215 Å². The van der Waals surface area contributed by atoms with E-state index in [0.717, 1.165) is 12.1 Å². The van der Waals surface area contributed by atoms with Gasteiger partial charge in [-0.25, -0.2) is 13.0 Å². The fourth-order valence-corrected chi connectivity index (χ4v) is 4.13. The predicted molar refractivity (Wildman–Crippen MR) is 145 cm³/mol. The molecule has 0 saturated heterocycles. The number of nitrogens with one attached hydrogen (secondary N) is 1. The molecule has 0 saturated carbocycles. The minimum Gasteiger partial charge on any atom is -0.744 e. The van der Waals surface area contributed by atoms with E-state index in [9.17, 15) is 17.8 Å². The molecule has 0 aromatic heterocycles. The zero-order valence-corrected chi connectivity index (χ0v) is 23.7. The van der Waals surface area contributed by atoms with Crippen LogP contribution >= 0.6 is 0 Å². The first-order valence-electron chi connectivity index (χ1n) is 13.2. The van der Waals surface area contributed by atoms with Crippen molar-refractivity contribution in [3.63, 3.8) is 0 Å². The van der Waals surface area contributed by atoms with Gasteiger partial charge < -0.3 is 4.55 Å². The first kappa shape index (κ1) is 33.3. The summed E-state index contributed by atoms with van der Waals surface area (Å²) < 4.78 is 31.7. The highest BCUT2D eigenvalue weighted by molar-refractivity contribution is 7.85. The summed E-state index contributed by atoms with van der Waals surface area (Å²) in [6, 6.07) is 5.78. The van der Waals surface area contributed by atoms with Gasteiger partial charge in [0.1, 0.15) is 16.7 Å². The van der Waals surface area contributed by atoms with Gasteiger partial charge in [-0.1, -0.05) is 102 Å². The first-order valence-corrected chi connectivity index (χ1v) is 14.6. The minimum absolute atomic E-state index is 0.0466. The van der Waals surface area contributed by atoms with E-state index >= 15 is 0 Å². The van der Waals surface area contributed by atoms with Crippen molar-refractivity contribution >= 4 is 16.0 Å². The monoisotopic (exact) mass is 510 g/mol. The third-order valence-corrected chi connectivity index (χ3v) is 6.77. The Balaban J connectivity index is 0.000000867. The van der Waals surface area contributed by atoms with Crippen LogP contribution in [0.2, 0.25) is 0 Å². The maximum Gasteiger partial charge on any atom is 0.290 e. The quantitative estimate of drug-likeness (QED) is 0.0834. The number of aryl methyl sites for hydroxylation is 1. The van der Waals surface area contributed by atoms with Crippen LogP contribution in [-0.4, -0.2) is 44.1 Å². The summed E-state index contributed by atoms with van der Waals surface area (Å²) in [4.78, 5) is 11.5. The summed E-state index contributed by atoms with van der Waals surface area (Å²) in [6.45, 7) is 10.5. The van der Waals surface area contributed by atoms with Crippen LogP contribution in [0.5, 0.6) is 0 Å². The van der Waals surface area contributed by atoms with Gasteiger partial charge in [-0.2, -0.15) is 5.43 Å². The normalized spacial score (nSPS) is 11.5. The Kier molecular flexibility index (Phi) is 17.7. The highest BCUT2D eigenvalue weighted by Crippen LogP contribution is 2.13. The van der Waals surface area contributed by atoms with Crippen molar-refractivity contribution in [1.29, 1.82) is 0 Å². The molecule has 0 atom stereocenters. The number of hydrogen-bond donors (Lipinski definition) is 1. The summed E-state index contributed by atoms with van der Waals surface area (Å²) in [5.74, 6) is -0.0466. The molecule has 1 aromatic carbocycles. The molecule has 0 aliphatic heterocycles. The molecular weight excluding hydrogens is 460 g/mol. The van der Waals surface area contributed by atoms with E-state index in [1.165, 1.54) is 95.6 Å². The van der Waals surface area contributed by atoms with Gasteiger partial charge >= 0.3 is 0 Å². The summed E-state index contributed by atoms with van der Waals surface area (Å²) in [7, 11) is -0.184. The highest BCUT2D eigenvalue weighted by Gasteiger charge is 2.18. The second-order valence-electron chi connectivity index (χ2n) is 10.1. The van der Waals surface area contributed by atoms with E-state index in [4.69, 9.17) is 0 Å². The summed E-state index contributed by atoms with van der Waals surface area (Å²) >= 11 is 0. The molecule has 202 valence electrons. The molecule has 1 N–H and O–H groups in total. The van der Waals surface area contributed by atoms with Crippen LogP contribution in [0.15, 0.2) is 41.3 Å². The third-order valence-electron chi connectivity index (χ3n) is 5.92. The fourth-order valence-electron chi connectivity index (χ4n) is 3.66. The molecule has 0 aliphatic carbocycles. The fraction of sp³-hybridized carbons (Fsp3) is 0.679. The largest absolute Gasteiger partial charge is 0.744 e. The van der Waals surface area contributed by atoms with Gasteiger partial charge in [-0.3, -0.25) is 4.79 Å². The van der Waals surface area contributed by atoms with Crippen LogP contribution in [0.25, 0.3) is 0 Å². The van der Waals surface area contributed by atoms with E-state index < -0.39 is 10.1 Å². The average Bonchev–Trinajstić information content (AvgIpc) is 2.76. The average molecular weight is 511 g/mol. The number of amides is 1. The molecule has 7 heteroatoms. The molecule has 1 amide bonds. The Morgan fingerprint density at radius 1 is 0.857 bits per heavy atom. The lowest BCUT2D eigenvalue weighted by Gasteiger charge is -2.29. The van der Waals surface area contributed by atoms with Crippen LogP contribution in [0, 0.1) is 6.92 Å². The third kappa shape index (κ3) is 19.2. The predicted octanol–water partition coefficient (Wildman–Crippen LogP) is 6.66. The molecule has 35 heavy (non-hydrogen) atoms. The van der Waals surface area contributed by atoms with E-state index in [1.54, 1.807) is 19.1 Å². The van der Waals surface area contributed by atoms with Crippen LogP contribution in [0.1, 0.15) is 103 Å². The van der Waals surface area contributed by atoms with Crippen LogP contribution in [0.4, 0.5) is 0 Å². The van der Waals surface area contributed by atoms with Gasteiger partial charge in [0.25, 0.3) is 5.91 Å². The van der Waals surface area contributed by atoms with Crippen molar-refractivity contribution in [3.8, 4) is 0 Å². The van der Waals surface area contributed by atoms with E-state index in [2.05, 4.69) is 18.9 Å². The van der Waals surface area contributed by atoms with Crippen LogP contribution < -0.4 is 5.43 Å². The second kappa shape index (κ2) is 18.6. The topological polar surface area (TPSA) is 86.3 Å². The van der Waals surface area contributed by atoms with Crippen molar-refractivity contribution in [2.24, 2.45) is 0 Å². The van der Waals surface area contributed by atoms with Gasteiger partial charge in [-0.15, -0.1) is 0 Å². The molecule has 6 nitrogen and oxygen atoms in total. The van der Waals surface area contributed by atoms with Crippen LogP contribution in [-0.2, 0) is 14.9 Å². The van der Waals surface area contributed by atoms with Crippen molar-refractivity contribution in [2.75, 3.05) is 20.6 Å². The van der Waals surface area contributed by atoms with Crippen molar-refractivity contribution in [2.45, 2.75) is 109 Å². The number of carbonyl (C=O) groups excluding carboxylic acids is 1.